The smallest absolute Gasteiger partial charge is 0.127 e. The van der Waals surface area contributed by atoms with E-state index in [9.17, 15) is 5.11 Å². The van der Waals surface area contributed by atoms with Crippen LogP contribution in [0.4, 0.5) is 0 Å². The highest BCUT2D eigenvalue weighted by atomic mass is 16.3. The second-order valence-electron chi connectivity index (χ2n) is 2.44. The van der Waals surface area contributed by atoms with Crippen LogP contribution < -0.4 is 0 Å². The molecule has 0 unspecified atom stereocenters. The third kappa shape index (κ3) is 0.805. The van der Waals surface area contributed by atoms with E-state index in [4.69, 9.17) is 5.26 Å². The number of aromatic hydroxyl groups is 1. The lowest BCUT2D eigenvalue weighted by Gasteiger charge is -1.93. The highest BCUT2D eigenvalue weighted by molar-refractivity contribution is 5.85. The number of phenols is 1. The average Bonchev–Trinajstić information content (AvgIpc) is 2.52. The van der Waals surface area contributed by atoms with Crippen molar-refractivity contribution in [2.75, 3.05) is 0 Å². The Bertz CT molecular complexity index is 467. The standard InChI is InChI=1S/C8H5N3O/c9-3-5-1-7-6(4-10-11-7)8(12)2-5/h1-2,4,12H,(H,10,11). The number of nitrogens with one attached hydrogen (secondary N) is 1. The molecule has 58 valence electrons. The van der Waals surface area contributed by atoms with Gasteiger partial charge in [0.1, 0.15) is 5.75 Å². The monoisotopic (exact) mass is 159 g/mol. The van der Waals surface area contributed by atoms with Crippen molar-refractivity contribution in [3.8, 4) is 11.8 Å². The summed E-state index contributed by atoms with van der Waals surface area (Å²) in [4.78, 5) is 0. The van der Waals surface area contributed by atoms with Crippen molar-refractivity contribution in [3.05, 3.63) is 23.9 Å². The predicted molar refractivity (Wildman–Crippen MR) is 42.5 cm³/mol. The van der Waals surface area contributed by atoms with Crippen LogP contribution in [0.3, 0.4) is 0 Å². The van der Waals surface area contributed by atoms with E-state index in [-0.39, 0.29) is 5.75 Å². The van der Waals surface area contributed by atoms with Crippen LogP contribution in [0.25, 0.3) is 10.9 Å². The molecule has 0 saturated heterocycles. The van der Waals surface area contributed by atoms with Gasteiger partial charge in [-0.1, -0.05) is 0 Å². The minimum Gasteiger partial charge on any atom is -0.507 e. The molecule has 2 N–H and O–H groups in total. The molecule has 0 fully saturated rings. The van der Waals surface area contributed by atoms with Gasteiger partial charge in [0.2, 0.25) is 0 Å². The summed E-state index contributed by atoms with van der Waals surface area (Å²) in [6.07, 6.45) is 1.52. The Morgan fingerprint density at radius 3 is 3.08 bits per heavy atom. The number of aromatic nitrogens is 2. The van der Waals surface area contributed by atoms with Crippen LogP contribution in [0.1, 0.15) is 5.56 Å². The van der Waals surface area contributed by atoms with Gasteiger partial charge in [-0.2, -0.15) is 10.4 Å². The average molecular weight is 159 g/mol. The molecule has 0 saturated carbocycles. The van der Waals surface area contributed by atoms with E-state index in [1.54, 1.807) is 6.07 Å². The zero-order valence-corrected chi connectivity index (χ0v) is 6.07. The van der Waals surface area contributed by atoms with E-state index in [0.29, 0.717) is 16.5 Å². The Kier molecular flexibility index (Phi) is 1.25. The molecule has 1 aromatic heterocycles. The van der Waals surface area contributed by atoms with Gasteiger partial charge >= 0.3 is 0 Å². The Morgan fingerprint density at radius 2 is 2.33 bits per heavy atom. The molecule has 0 aliphatic carbocycles. The van der Waals surface area contributed by atoms with E-state index < -0.39 is 0 Å². The predicted octanol–water partition coefficient (Wildman–Crippen LogP) is 1.14. The second kappa shape index (κ2) is 2.24. The SMILES string of the molecule is N#Cc1cc(O)c2cn[nH]c2c1. The Hall–Kier alpha value is -2.02. The van der Waals surface area contributed by atoms with Gasteiger partial charge < -0.3 is 5.11 Å². The van der Waals surface area contributed by atoms with E-state index in [2.05, 4.69) is 10.2 Å². The number of nitrogens with zero attached hydrogens (tertiary/aromatic N) is 2. The number of fused-ring (bicyclic) bond motifs is 1. The summed E-state index contributed by atoms with van der Waals surface area (Å²) in [6, 6.07) is 5.00. The molecule has 0 aliphatic rings. The summed E-state index contributed by atoms with van der Waals surface area (Å²) in [5.74, 6) is 0.0813. The molecular weight excluding hydrogens is 154 g/mol. The van der Waals surface area contributed by atoms with Crippen LogP contribution in [0.5, 0.6) is 5.75 Å². The first-order valence-corrected chi connectivity index (χ1v) is 3.37. The van der Waals surface area contributed by atoms with Crippen LogP contribution in [0, 0.1) is 11.3 Å². The fourth-order valence-electron chi connectivity index (χ4n) is 1.10. The first kappa shape index (κ1) is 6.68. The third-order valence-corrected chi connectivity index (χ3v) is 1.67. The Morgan fingerprint density at radius 1 is 1.50 bits per heavy atom. The zero-order valence-electron chi connectivity index (χ0n) is 6.07. The van der Waals surface area contributed by atoms with Crippen molar-refractivity contribution in [1.29, 1.82) is 5.26 Å². The van der Waals surface area contributed by atoms with Gasteiger partial charge in [-0.15, -0.1) is 0 Å². The zero-order chi connectivity index (χ0) is 8.55. The fourth-order valence-corrected chi connectivity index (χ4v) is 1.10. The molecule has 12 heavy (non-hydrogen) atoms. The molecule has 2 aromatic rings. The van der Waals surface area contributed by atoms with Gasteiger partial charge in [0, 0.05) is 0 Å². The molecule has 0 bridgehead atoms. The van der Waals surface area contributed by atoms with Gasteiger partial charge in [-0.3, -0.25) is 5.10 Å². The molecule has 0 amide bonds. The quantitative estimate of drug-likeness (QED) is 0.605. The second-order valence-corrected chi connectivity index (χ2v) is 2.44. The van der Waals surface area contributed by atoms with Crippen LogP contribution in [-0.2, 0) is 0 Å². The highest BCUT2D eigenvalue weighted by Crippen LogP contribution is 2.23. The number of aromatic amines is 1. The molecule has 0 spiro atoms. The minimum absolute atomic E-state index is 0.0813. The summed E-state index contributed by atoms with van der Waals surface area (Å²) in [6.45, 7) is 0. The number of hydrogen-bond acceptors (Lipinski definition) is 3. The summed E-state index contributed by atoms with van der Waals surface area (Å²) in [5, 5.41) is 25.0. The van der Waals surface area contributed by atoms with E-state index in [0.717, 1.165) is 0 Å². The molecular formula is C8H5N3O. The van der Waals surface area contributed by atoms with E-state index in [1.165, 1.54) is 12.3 Å². The first-order chi connectivity index (χ1) is 5.81. The lowest BCUT2D eigenvalue weighted by atomic mass is 10.1. The van der Waals surface area contributed by atoms with Gasteiger partial charge in [-0.25, -0.2) is 0 Å². The molecule has 1 aromatic carbocycles. The Labute approximate surface area is 68.1 Å². The van der Waals surface area contributed by atoms with Crippen LogP contribution in [-0.4, -0.2) is 15.3 Å². The minimum atomic E-state index is 0.0813. The number of phenolic OH excluding ortho intramolecular Hbond substituents is 1. The Balaban J connectivity index is 2.86. The number of nitriles is 1. The van der Waals surface area contributed by atoms with Gasteiger partial charge in [0.05, 0.1) is 28.7 Å². The molecule has 1 heterocycles. The number of rotatable bonds is 0. The van der Waals surface area contributed by atoms with E-state index >= 15 is 0 Å². The number of H-pyrrole nitrogens is 1. The van der Waals surface area contributed by atoms with Crippen LogP contribution in [0.15, 0.2) is 18.3 Å². The number of hydrogen-bond donors (Lipinski definition) is 2. The molecule has 2 rings (SSSR count). The third-order valence-electron chi connectivity index (χ3n) is 1.67. The first-order valence-electron chi connectivity index (χ1n) is 3.37. The normalized spacial score (nSPS) is 9.92. The maximum absolute atomic E-state index is 9.36. The molecule has 0 aliphatic heterocycles. The van der Waals surface area contributed by atoms with Crippen LogP contribution >= 0.6 is 0 Å². The largest absolute Gasteiger partial charge is 0.507 e. The highest BCUT2D eigenvalue weighted by Gasteiger charge is 2.03. The van der Waals surface area contributed by atoms with Crippen molar-refractivity contribution >= 4 is 10.9 Å². The molecule has 0 atom stereocenters. The summed E-state index contributed by atoms with van der Waals surface area (Å²) >= 11 is 0. The molecule has 4 nitrogen and oxygen atoms in total. The van der Waals surface area contributed by atoms with E-state index in [1.807, 2.05) is 6.07 Å². The summed E-state index contributed by atoms with van der Waals surface area (Å²) in [5.41, 5.74) is 1.09. The maximum atomic E-state index is 9.36. The number of benzene rings is 1. The molecule has 4 heteroatoms. The summed E-state index contributed by atoms with van der Waals surface area (Å²) < 4.78 is 0. The van der Waals surface area contributed by atoms with Crippen molar-refractivity contribution in [2.24, 2.45) is 0 Å². The fraction of sp³-hybridized carbons (Fsp3) is 0. The van der Waals surface area contributed by atoms with Crippen molar-refractivity contribution < 1.29 is 5.11 Å². The van der Waals surface area contributed by atoms with Gasteiger partial charge in [0.15, 0.2) is 0 Å². The lowest BCUT2D eigenvalue weighted by Crippen LogP contribution is -1.75. The van der Waals surface area contributed by atoms with Crippen molar-refractivity contribution in [3.63, 3.8) is 0 Å². The topological polar surface area (TPSA) is 72.7 Å². The summed E-state index contributed by atoms with van der Waals surface area (Å²) in [7, 11) is 0. The van der Waals surface area contributed by atoms with Gasteiger partial charge in [0.25, 0.3) is 0 Å². The van der Waals surface area contributed by atoms with Crippen LogP contribution in [0.2, 0.25) is 0 Å². The molecule has 0 radical (unpaired) electrons. The maximum Gasteiger partial charge on any atom is 0.127 e. The van der Waals surface area contributed by atoms with Gasteiger partial charge in [-0.05, 0) is 12.1 Å². The van der Waals surface area contributed by atoms with Crippen molar-refractivity contribution in [1.82, 2.24) is 10.2 Å². The lowest BCUT2D eigenvalue weighted by molar-refractivity contribution is 0.481. The van der Waals surface area contributed by atoms with Crippen molar-refractivity contribution in [2.45, 2.75) is 0 Å².